The minimum Gasteiger partial charge on any atom is -0.494 e. The summed E-state index contributed by atoms with van der Waals surface area (Å²) >= 11 is 5.93. The number of benzene rings is 1. The molecule has 1 aromatic rings. The number of hydrogen-bond acceptors (Lipinski definition) is 2. The smallest absolute Gasteiger partial charge is 0.339 e. The Bertz CT molecular complexity index is 385. The normalized spacial score (nSPS) is 10.0. The topological polar surface area (TPSA) is 46.5 Å². The van der Waals surface area contributed by atoms with Crippen LogP contribution < -0.4 is 4.74 Å². The van der Waals surface area contributed by atoms with Crippen LogP contribution in [-0.4, -0.2) is 18.2 Å². The Morgan fingerprint density at radius 1 is 1.43 bits per heavy atom. The molecule has 0 aromatic heterocycles. The molecule has 76 valence electrons. The van der Waals surface area contributed by atoms with Crippen molar-refractivity contribution in [2.45, 2.75) is 13.8 Å². The minimum absolute atomic E-state index is 0.128. The molecule has 0 unspecified atom stereocenters. The van der Waals surface area contributed by atoms with Gasteiger partial charge in [0.1, 0.15) is 5.56 Å². The number of ether oxygens (including phenoxy) is 1. The van der Waals surface area contributed by atoms with Crippen molar-refractivity contribution in [1.82, 2.24) is 0 Å². The lowest BCUT2D eigenvalue weighted by Gasteiger charge is -2.11. The Balaban J connectivity index is 3.55. The standard InChI is InChI=1S/C10H11ClO3/c1-5-4-6(2)8(11)9(14-3)7(5)10(12)13/h4H,1-3H3,(H,12,13). The van der Waals surface area contributed by atoms with E-state index in [0.29, 0.717) is 10.6 Å². The fourth-order valence-corrected chi connectivity index (χ4v) is 1.61. The van der Waals surface area contributed by atoms with Crippen LogP contribution in [0.25, 0.3) is 0 Å². The molecule has 0 fully saturated rings. The van der Waals surface area contributed by atoms with Crippen LogP contribution in [0.4, 0.5) is 0 Å². The fraction of sp³-hybridized carbons (Fsp3) is 0.300. The summed E-state index contributed by atoms with van der Waals surface area (Å²) in [5, 5.41) is 9.31. The van der Waals surface area contributed by atoms with Gasteiger partial charge in [-0.05, 0) is 25.0 Å². The number of carbonyl (C=O) groups is 1. The van der Waals surface area contributed by atoms with Crippen molar-refractivity contribution in [3.05, 3.63) is 27.8 Å². The molecule has 4 heteroatoms. The zero-order valence-electron chi connectivity index (χ0n) is 8.22. The molecule has 0 bridgehead atoms. The third kappa shape index (κ3) is 1.68. The van der Waals surface area contributed by atoms with Crippen LogP contribution >= 0.6 is 11.6 Å². The van der Waals surface area contributed by atoms with Crippen LogP contribution in [0.15, 0.2) is 6.07 Å². The number of rotatable bonds is 2. The van der Waals surface area contributed by atoms with Gasteiger partial charge < -0.3 is 9.84 Å². The average Bonchev–Trinajstić information content (AvgIpc) is 2.09. The second kappa shape index (κ2) is 3.88. The number of halogens is 1. The average molecular weight is 215 g/mol. The summed E-state index contributed by atoms with van der Waals surface area (Å²) in [6, 6.07) is 1.73. The molecule has 0 saturated heterocycles. The summed E-state index contributed by atoms with van der Waals surface area (Å²) in [5.41, 5.74) is 1.59. The zero-order chi connectivity index (χ0) is 10.9. The van der Waals surface area contributed by atoms with Crippen LogP contribution in [0.5, 0.6) is 5.75 Å². The number of carboxylic acids is 1. The summed E-state index contributed by atoms with van der Waals surface area (Å²) in [5.74, 6) is -0.794. The Kier molecular flexibility index (Phi) is 3.01. The predicted molar refractivity (Wildman–Crippen MR) is 54.4 cm³/mol. The molecular formula is C10H11ClO3. The molecule has 0 atom stereocenters. The van der Waals surface area contributed by atoms with Crippen LogP contribution in [0.3, 0.4) is 0 Å². The molecule has 1 rings (SSSR count). The maximum atomic E-state index is 10.9. The Morgan fingerprint density at radius 2 is 2.00 bits per heavy atom. The SMILES string of the molecule is COc1c(Cl)c(C)cc(C)c1C(=O)O. The van der Waals surface area contributed by atoms with Gasteiger partial charge in [-0.15, -0.1) is 0 Å². The van der Waals surface area contributed by atoms with Crippen molar-refractivity contribution in [3.63, 3.8) is 0 Å². The van der Waals surface area contributed by atoms with Crippen LogP contribution in [0.2, 0.25) is 5.02 Å². The molecule has 0 radical (unpaired) electrons. The first kappa shape index (κ1) is 10.9. The molecule has 0 aliphatic rings. The van der Waals surface area contributed by atoms with Crippen molar-refractivity contribution in [1.29, 1.82) is 0 Å². The minimum atomic E-state index is -1.03. The maximum Gasteiger partial charge on any atom is 0.339 e. The molecule has 0 heterocycles. The molecule has 1 N–H and O–H groups in total. The Labute approximate surface area is 87.3 Å². The van der Waals surface area contributed by atoms with E-state index in [0.717, 1.165) is 5.56 Å². The quantitative estimate of drug-likeness (QED) is 0.823. The highest BCUT2D eigenvalue weighted by Gasteiger charge is 2.18. The first-order valence-corrected chi connectivity index (χ1v) is 4.43. The van der Waals surface area contributed by atoms with Gasteiger partial charge in [-0.2, -0.15) is 0 Å². The predicted octanol–water partition coefficient (Wildman–Crippen LogP) is 2.66. The third-order valence-corrected chi connectivity index (χ3v) is 2.49. The highest BCUT2D eigenvalue weighted by atomic mass is 35.5. The Morgan fingerprint density at radius 3 is 2.43 bits per heavy atom. The van der Waals surface area contributed by atoms with Gasteiger partial charge in [-0.3, -0.25) is 0 Å². The van der Waals surface area contributed by atoms with Crippen LogP contribution in [-0.2, 0) is 0 Å². The number of methoxy groups -OCH3 is 1. The lowest BCUT2D eigenvalue weighted by atomic mass is 10.0. The van der Waals surface area contributed by atoms with E-state index in [1.165, 1.54) is 7.11 Å². The summed E-state index contributed by atoms with van der Waals surface area (Å²) in [6.45, 7) is 3.53. The molecule has 3 nitrogen and oxygen atoms in total. The van der Waals surface area contributed by atoms with E-state index < -0.39 is 5.97 Å². The van der Waals surface area contributed by atoms with E-state index in [1.807, 2.05) is 6.92 Å². The molecule has 0 saturated carbocycles. The van der Waals surface area contributed by atoms with Crippen molar-refractivity contribution < 1.29 is 14.6 Å². The van der Waals surface area contributed by atoms with Crippen molar-refractivity contribution in [2.24, 2.45) is 0 Å². The first-order chi connectivity index (χ1) is 6.49. The lowest BCUT2D eigenvalue weighted by molar-refractivity contribution is 0.0692. The van der Waals surface area contributed by atoms with E-state index in [9.17, 15) is 4.79 Å². The highest BCUT2D eigenvalue weighted by molar-refractivity contribution is 6.33. The van der Waals surface area contributed by atoms with Gasteiger partial charge in [-0.1, -0.05) is 17.7 Å². The first-order valence-electron chi connectivity index (χ1n) is 4.06. The van der Waals surface area contributed by atoms with E-state index in [2.05, 4.69) is 0 Å². The number of hydrogen-bond donors (Lipinski definition) is 1. The zero-order valence-corrected chi connectivity index (χ0v) is 8.97. The maximum absolute atomic E-state index is 10.9. The van der Waals surface area contributed by atoms with Gasteiger partial charge in [0.25, 0.3) is 0 Å². The van der Waals surface area contributed by atoms with Crippen molar-refractivity contribution >= 4 is 17.6 Å². The summed E-state index contributed by atoms with van der Waals surface area (Å²) < 4.78 is 4.99. The van der Waals surface area contributed by atoms with Gasteiger partial charge in [0.2, 0.25) is 0 Å². The highest BCUT2D eigenvalue weighted by Crippen LogP contribution is 2.33. The van der Waals surface area contributed by atoms with Gasteiger partial charge in [0.15, 0.2) is 5.75 Å². The Hall–Kier alpha value is -1.22. The monoisotopic (exact) mass is 214 g/mol. The van der Waals surface area contributed by atoms with Gasteiger partial charge in [-0.25, -0.2) is 4.79 Å². The number of aromatic carboxylic acids is 1. The number of carboxylic acid groups (broad SMARTS) is 1. The summed E-state index contributed by atoms with van der Waals surface area (Å²) in [4.78, 5) is 10.9. The summed E-state index contributed by atoms with van der Waals surface area (Å²) in [6.07, 6.45) is 0. The van der Waals surface area contributed by atoms with Gasteiger partial charge >= 0.3 is 5.97 Å². The summed E-state index contributed by atoms with van der Waals surface area (Å²) in [7, 11) is 1.41. The second-order valence-corrected chi connectivity index (χ2v) is 3.42. The lowest BCUT2D eigenvalue weighted by Crippen LogP contribution is -2.04. The molecule has 0 aliphatic heterocycles. The molecular weight excluding hydrogens is 204 g/mol. The van der Waals surface area contributed by atoms with Crippen LogP contribution in [0, 0.1) is 13.8 Å². The van der Waals surface area contributed by atoms with Gasteiger partial charge in [0, 0.05) is 0 Å². The molecule has 14 heavy (non-hydrogen) atoms. The van der Waals surface area contributed by atoms with E-state index in [-0.39, 0.29) is 11.3 Å². The van der Waals surface area contributed by atoms with Crippen LogP contribution in [0.1, 0.15) is 21.5 Å². The van der Waals surface area contributed by atoms with Gasteiger partial charge in [0.05, 0.1) is 12.1 Å². The molecule has 0 aliphatic carbocycles. The molecule has 0 spiro atoms. The largest absolute Gasteiger partial charge is 0.494 e. The van der Waals surface area contributed by atoms with E-state index in [1.54, 1.807) is 13.0 Å². The van der Waals surface area contributed by atoms with Crippen molar-refractivity contribution in [3.8, 4) is 5.75 Å². The molecule has 0 amide bonds. The number of aryl methyl sites for hydroxylation is 2. The third-order valence-electron chi connectivity index (χ3n) is 2.02. The fourth-order valence-electron chi connectivity index (χ4n) is 1.39. The van der Waals surface area contributed by atoms with Crippen molar-refractivity contribution in [2.75, 3.05) is 7.11 Å². The van der Waals surface area contributed by atoms with E-state index in [4.69, 9.17) is 21.4 Å². The van der Waals surface area contributed by atoms with E-state index >= 15 is 0 Å². The second-order valence-electron chi connectivity index (χ2n) is 3.04. The molecule has 1 aromatic carbocycles.